The van der Waals surface area contributed by atoms with E-state index < -0.39 is 10.1 Å². The zero-order chi connectivity index (χ0) is 15.3. The maximum atomic E-state index is 11.2. The smallest absolute Gasteiger partial charge is 0.294 e. The quantitative estimate of drug-likeness (QED) is 0.819. The third-order valence-electron chi connectivity index (χ3n) is 2.82. The number of ether oxygens (including phenoxy) is 1. The van der Waals surface area contributed by atoms with Crippen LogP contribution >= 0.6 is 0 Å². The molecule has 0 saturated heterocycles. The van der Waals surface area contributed by atoms with Crippen LogP contribution in [0.3, 0.4) is 0 Å². The first-order valence-corrected chi connectivity index (χ1v) is 7.70. The number of carbonyl (C=O) groups excluding carboxylic acids is 1. The van der Waals surface area contributed by atoms with E-state index in [1.54, 1.807) is 24.3 Å². The third-order valence-corrected chi connectivity index (χ3v) is 3.68. The van der Waals surface area contributed by atoms with E-state index in [1.807, 2.05) is 18.2 Å². The van der Waals surface area contributed by atoms with Crippen LogP contribution in [0.15, 0.2) is 59.5 Å². The predicted octanol–water partition coefficient (Wildman–Crippen LogP) is 2.59. The van der Waals surface area contributed by atoms with Crippen LogP contribution in [-0.4, -0.2) is 25.4 Å². The van der Waals surface area contributed by atoms with Gasteiger partial charge in [-0.15, -0.1) is 0 Å². The SMILES string of the molecule is O=C1CCOc2ccccc21.O=S(=O)(O)c1ccccc1. The lowest BCUT2D eigenvalue weighted by atomic mass is 10.1. The second-order valence-corrected chi connectivity index (χ2v) is 5.73. The van der Waals surface area contributed by atoms with Gasteiger partial charge in [-0.3, -0.25) is 9.35 Å². The molecular formula is C15H14O5S. The van der Waals surface area contributed by atoms with Gasteiger partial charge < -0.3 is 4.74 Å². The molecule has 0 fully saturated rings. The predicted molar refractivity (Wildman–Crippen MR) is 77.1 cm³/mol. The molecule has 1 aliphatic heterocycles. The molecule has 21 heavy (non-hydrogen) atoms. The van der Waals surface area contributed by atoms with E-state index in [4.69, 9.17) is 9.29 Å². The average molecular weight is 306 g/mol. The van der Waals surface area contributed by atoms with Gasteiger partial charge in [-0.25, -0.2) is 0 Å². The minimum Gasteiger partial charge on any atom is -0.492 e. The summed E-state index contributed by atoms with van der Waals surface area (Å²) < 4.78 is 34.5. The fourth-order valence-corrected chi connectivity index (χ4v) is 2.30. The molecule has 0 amide bonds. The molecule has 0 atom stereocenters. The molecular weight excluding hydrogens is 292 g/mol. The Morgan fingerprint density at radius 1 is 0.952 bits per heavy atom. The van der Waals surface area contributed by atoms with Gasteiger partial charge in [0.05, 0.1) is 17.1 Å². The van der Waals surface area contributed by atoms with Gasteiger partial charge in [0.15, 0.2) is 5.78 Å². The number of hydrogen-bond donors (Lipinski definition) is 1. The normalized spacial score (nSPS) is 13.5. The largest absolute Gasteiger partial charge is 0.492 e. The van der Waals surface area contributed by atoms with Gasteiger partial charge in [0.25, 0.3) is 10.1 Å². The molecule has 0 radical (unpaired) electrons. The van der Waals surface area contributed by atoms with Crippen molar-refractivity contribution in [3.8, 4) is 5.75 Å². The summed E-state index contributed by atoms with van der Waals surface area (Å²) in [4.78, 5) is 11.1. The van der Waals surface area contributed by atoms with E-state index in [0.717, 1.165) is 11.3 Å². The molecule has 0 aliphatic carbocycles. The highest BCUT2D eigenvalue weighted by molar-refractivity contribution is 7.85. The van der Waals surface area contributed by atoms with Crippen LogP contribution in [0.2, 0.25) is 0 Å². The topological polar surface area (TPSA) is 80.7 Å². The first-order valence-electron chi connectivity index (χ1n) is 6.26. The Hall–Kier alpha value is -2.18. The molecule has 1 N–H and O–H groups in total. The number of hydrogen-bond acceptors (Lipinski definition) is 4. The van der Waals surface area contributed by atoms with Crippen LogP contribution in [0.25, 0.3) is 0 Å². The third kappa shape index (κ3) is 4.14. The van der Waals surface area contributed by atoms with Crippen LogP contribution in [0.4, 0.5) is 0 Å². The van der Waals surface area contributed by atoms with Crippen molar-refractivity contribution in [2.45, 2.75) is 11.3 Å². The summed E-state index contributed by atoms with van der Waals surface area (Å²) in [6.45, 7) is 0.524. The average Bonchev–Trinajstić information content (AvgIpc) is 2.49. The lowest BCUT2D eigenvalue weighted by Crippen LogP contribution is -2.14. The van der Waals surface area contributed by atoms with Gasteiger partial charge in [0, 0.05) is 6.42 Å². The van der Waals surface area contributed by atoms with Crippen molar-refractivity contribution in [1.29, 1.82) is 0 Å². The van der Waals surface area contributed by atoms with Crippen LogP contribution in [0.1, 0.15) is 16.8 Å². The van der Waals surface area contributed by atoms with E-state index >= 15 is 0 Å². The molecule has 0 spiro atoms. The van der Waals surface area contributed by atoms with E-state index in [-0.39, 0.29) is 10.7 Å². The van der Waals surface area contributed by atoms with Crippen LogP contribution in [0, 0.1) is 0 Å². The van der Waals surface area contributed by atoms with Crippen molar-refractivity contribution in [1.82, 2.24) is 0 Å². The summed E-state index contributed by atoms with van der Waals surface area (Å²) in [6.07, 6.45) is 0.511. The standard InChI is InChI=1S/C9H8O2.C6H6O3S/c10-8-5-6-11-9-4-2-1-3-7(8)9;7-10(8,9)6-4-2-1-3-5-6/h1-4H,5-6H2;1-5H,(H,7,8,9). The molecule has 110 valence electrons. The first-order chi connectivity index (χ1) is 9.98. The Kier molecular flexibility index (Phi) is 4.72. The van der Waals surface area contributed by atoms with Crippen LogP contribution in [0.5, 0.6) is 5.75 Å². The summed E-state index contributed by atoms with van der Waals surface area (Å²) in [5, 5.41) is 0. The van der Waals surface area contributed by atoms with Crippen molar-refractivity contribution in [2.24, 2.45) is 0 Å². The molecule has 0 aromatic heterocycles. The highest BCUT2D eigenvalue weighted by Crippen LogP contribution is 2.23. The fraction of sp³-hybridized carbons (Fsp3) is 0.133. The van der Waals surface area contributed by atoms with Gasteiger partial charge in [-0.05, 0) is 24.3 Å². The van der Waals surface area contributed by atoms with Crippen LogP contribution in [-0.2, 0) is 10.1 Å². The molecule has 2 aromatic carbocycles. The Labute approximate surface area is 122 Å². The van der Waals surface area contributed by atoms with Crippen molar-refractivity contribution in [3.63, 3.8) is 0 Å². The molecule has 0 unspecified atom stereocenters. The van der Waals surface area contributed by atoms with Crippen molar-refractivity contribution in [3.05, 3.63) is 60.2 Å². The van der Waals surface area contributed by atoms with E-state index in [9.17, 15) is 13.2 Å². The highest BCUT2D eigenvalue weighted by Gasteiger charge is 2.16. The minimum atomic E-state index is -4.00. The number of Topliss-reactive ketones (excluding diaryl/α,β-unsaturated/α-hetero) is 1. The fourth-order valence-electron chi connectivity index (χ4n) is 1.80. The lowest BCUT2D eigenvalue weighted by Gasteiger charge is -2.14. The second kappa shape index (κ2) is 6.51. The zero-order valence-corrected chi connectivity index (χ0v) is 11.9. The van der Waals surface area contributed by atoms with Gasteiger partial charge in [0.1, 0.15) is 5.75 Å². The van der Waals surface area contributed by atoms with Gasteiger partial charge >= 0.3 is 0 Å². The maximum absolute atomic E-state index is 11.2. The van der Waals surface area contributed by atoms with Crippen molar-refractivity contribution >= 4 is 15.9 Å². The molecule has 6 heteroatoms. The van der Waals surface area contributed by atoms with E-state index in [2.05, 4.69) is 0 Å². The summed E-state index contributed by atoms with van der Waals surface area (Å²) in [6, 6.07) is 14.8. The Bertz CT molecular complexity index is 723. The van der Waals surface area contributed by atoms with Gasteiger partial charge in [0.2, 0.25) is 0 Å². The number of carbonyl (C=O) groups is 1. The van der Waals surface area contributed by atoms with Gasteiger partial charge in [-0.1, -0.05) is 30.3 Å². The summed E-state index contributed by atoms with van der Waals surface area (Å²) in [5.74, 6) is 0.913. The number of para-hydroxylation sites is 1. The number of rotatable bonds is 1. The minimum absolute atomic E-state index is 0.0741. The molecule has 1 aliphatic rings. The van der Waals surface area contributed by atoms with E-state index in [0.29, 0.717) is 13.0 Å². The van der Waals surface area contributed by atoms with Crippen molar-refractivity contribution < 1.29 is 22.5 Å². The summed E-state index contributed by atoms with van der Waals surface area (Å²) in [5.41, 5.74) is 0.721. The summed E-state index contributed by atoms with van der Waals surface area (Å²) in [7, 11) is -4.00. The molecule has 1 heterocycles. The molecule has 0 bridgehead atoms. The Morgan fingerprint density at radius 2 is 1.57 bits per heavy atom. The van der Waals surface area contributed by atoms with Crippen LogP contribution < -0.4 is 4.74 Å². The molecule has 2 aromatic rings. The van der Waals surface area contributed by atoms with Crippen molar-refractivity contribution in [2.75, 3.05) is 6.61 Å². The Morgan fingerprint density at radius 3 is 2.14 bits per heavy atom. The molecule has 5 nitrogen and oxygen atoms in total. The highest BCUT2D eigenvalue weighted by atomic mass is 32.2. The maximum Gasteiger partial charge on any atom is 0.294 e. The van der Waals surface area contributed by atoms with E-state index in [1.165, 1.54) is 12.1 Å². The zero-order valence-electron chi connectivity index (χ0n) is 11.1. The Balaban J connectivity index is 0.000000155. The lowest BCUT2D eigenvalue weighted by molar-refractivity contribution is 0.0933. The first kappa shape index (κ1) is 15.2. The number of ketones is 1. The molecule has 3 rings (SSSR count). The number of fused-ring (bicyclic) bond motifs is 1. The molecule has 0 saturated carbocycles. The number of benzene rings is 2. The summed E-state index contributed by atoms with van der Waals surface area (Å²) >= 11 is 0. The monoisotopic (exact) mass is 306 g/mol. The van der Waals surface area contributed by atoms with Gasteiger partial charge in [-0.2, -0.15) is 8.42 Å². The second-order valence-electron chi connectivity index (χ2n) is 4.31.